The number of thiazole rings is 1. The maximum atomic E-state index is 13.0. The molecule has 3 rings (SSSR count). The molecule has 0 N–H and O–H groups in total. The number of aryl methyl sites for hydroxylation is 3. The molecule has 0 atom stereocenters. The molecule has 7 heteroatoms. The molecule has 0 aliphatic rings. The summed E-state index contributed by atoms with van der Waals surface area (Å²) < 4.78 is 13.9. The van der Waals surface area contributed by atoms with E-state index in [2.05, 4.69) is 41.8 Å². The molecule has 0 fully saturated rings. The Labute approximate surface area is 173 Å². The Hall–Kier alpha value is -2.25. The molecule has 5 nitrogen and oxygen atoms in total. The standard InChI is InChI=1S/C21H24N2O3S2/c1-13-10-17-19(11-14(13)2)28-21(23(17)8-9-27-5)22-20(24)16-12-15(25-3)6-7-18(16)26-4/h6-7,10-12H,8-9H2,1-5H3. The zero-order valence-corrected chi connectivity index (χ0v) is 18.4. The van der Waals surface area contributed by atoms with Crippen LogP contribution in [-0.2, 0) is 6.54 Å². The Morgan fingerprint density at radius 1 is 1.14 bits per heavy atom. The summed E-state index contributed by atoms with van der Waals surface area (Å²) >= 11 is 3.31. The smallest absolute Gasteiger partial charge is 0.283 e. The molecule has 0 saturated carbocycles. The molecule has 28 heavy (non-hydrogen) atoms. The van der Waals surface area contributed by atoms with Crippen molar-refractivity contribution in [3.63, 3.8) is 0 Å². The average Bonchev–Trinajstić information content (AvgIpc) is 3.01. The van der Waals surface area contributed by atoms with E-state index in [1.54, 1.807) is 44.2 Å². The average molecular weight is 417 g/mol. The number of hydrogen-bond donors (Lipinski definition) is 0. The minimum atomic E-state index is -0.339. The van der Waals surface area contributed by atoms with E-state index in [9.17, 15) is 4.79 Å². The van der Waals surface area contributed by atoms with Crippen LogP contribution in [0, 0.1) is 13.8 Å². The van der Waals surface area contributed by atoms with Gasteiger partial charge in [-0.1, -0.05) is 11.3 Å². The van der Waals surface area contributed by atoms with Crippen molar-refractivity contribution in [2.75, 3.05) is 26.2 Å². The number of ether oxygens (including phenoxy) is 2. The number of aromatic nitrogens is 1. The van der Waals surface area contributed by atoms with Crippen LogP contribution in [0.25, 0.3) is 10.2 Å². The monoisotopic (exact) mass is 416 g/mol. The van der Waals surface area contributed by atoms with Crippen molar-refractivity contribution < 1.29 is 14.3 Å². The van der Waals surface area contributed by atoms with Crippen molar-refractivity contribution in [2.24, 2.45) is 4.99 Å². The van der Waals surface area contributed by atoms with Gasteiger partial charge in [-0.05, 0) is 61.6 Å². The fourth-order valence-electron chi connectivity index (χ4n) is 2.93. The number of rotatable bonds is 6. The highest BCUT2D eigenvalue weighted by Gasteiger charge is 2.15. The number of fused-ring (bicyclic) bond motifs is 1. The number of amides is 1. The minimum absolute atomic E-state index is 0.339. The van der Waals surface area contributed by atoms with Crippen LogP contribution in [0.5, 0.6) is 11.5 Å². The van der Waals surface area contributed by atoms with E-state index in [1.807, 2.05) is 0 Å². The SMILES string of the molecule is COc1ccc(OC)c(C(=O)N=c2sc3cc(C)c(C)cc3n2CCSC)c1. The molecule has 0 aliphatic carbocycles. The summed E-state index contributed by atoms with van der Waals surface area (Å²) in [5.74, 6) is 1.69. The van der Waals surface area contributed by atoms with Gasteiger partial charge in [0.15, 0.2) is 4.80 Å². The van der Waals surface area contributed by atoms with E-state index >= 15 is 0 Å². The summed E-state index contributed by atoms with van der Waals surface area (Å²) in [6, 6.07) is 9.50. The number of carbonyl (C=O) groups excluding carboxylic acids is 1. The van der Waals surface area contributed by atoms with E-state index in [0.29, 0.717) is 21.9 Å². The maximum Gasteiger partial charge on any atom is 0.283 e. The normalized spacial score (nSPS) is 11.8. The van der Waals surface area contributed by atoms with Crippen molar-refractivity contribution in [3.05, 3.63) is 51.8 Å². The summed E-state index contributed by atoms with van der Waals surface area (Å²) in [7, 11) is 3.11. The van der Waals surface area contributed by atoms with Gasteiger partial charge in [0.05, 0.1) is 30.0 Å². The van der Waals surface area contributed by atoms with Crippen molar-refractivity contribution in [1.29, 1.82) is 0 Å². The lowest BCUT2D eigenvalue weighted by Gasteiger charge is -2.08. The molecule has 0 saturated heterocycles. The zero-order chi connectivity index (χ0) is 20.3. The second-order valence-electron chi connectivity index (χ2n) is 6.42. The van der Waals surface area contributed by atoms with Crippen molar-refractivity contribution in [2.45, 2.75) is 20.4 Å². The number of methoxy groups -OCH3 is 2. The van der Waals surface area contributed by atoms with Gasteiger partial charge >= 0.3 is 0 Å². The van der Waals surface area contributed by atoms with E-state index in [0.717, 1.165) is 22.5 Å². The van der Waals surface area contributed by atoms with Crippen LogP contribution in [0.15, 0.2) is 35.3 Å². The lowest BCUT2D eigenvalue weighted by molar-refractivity contribution is 0.0994. The van der Waals surface area contributed by atoms with Crippen LogP contribution in [0.3, 0.4) is 0 Å². The van der Waals surface area contributed by atoms with Crippen molar-refractivity contribution in [1.82, 2.24) is 4.57 Å². The molecule has 0 aliphatic heterocycles. The van der Waals surface area contributed by atoms with Crippen LogP contribution in [0.4, 0.5) is 0 Å². The quantitative estimate of drug-likeness (QED) is 0.596. The third-order valence-electron chi connectivity index (χ3n) is 4.65. The first-order valence-corrected chi connectivity index (χ1v) is 11.1. The third kappa shape index (κ3) is 4.10. The number of thioether (sulfide) groups is 1. The molecular weight excluding hydrogens is 392 g/mol. The first-order chi connectivity index (χ1) is 13.5. The number of carbonyl (C=O) groups is 1. The molecule has 1 heterocycles. The van der Waals surface area contributed by atoms with Gasteiger partial charge in [0.1, 0.15) is 11.5 Å². The van der Waals surface area contributed by atoms with Gasteiger partial charge in [-0.2, -0.15) is 16.8 Å². The molecule has 0 bridgehead atoms. The van der Waals surface area contributed by atoms with E-state index in [1.165, 1.54) is 22.5 Å². The Morgan fingerprint density at radius 2 is 1.89 bits per heavy atom. The fraction of sp³-hybridized carbons (Fsp3) is 0.333. The number of nitrogens with zero attached hydrogens (tertiary/aromatic N) is 2. The number of benzene rings is 2. The van der Waals surface area contributed by atoms with Gasteiger partial charge in [-0.25, -0.2) is 0 Å². The van der Waals surface area contributed by atoms with Crippen molar-refractivity contribution >= 4 is 39.2 Å². The van der Waals surface area contributed by atoms with E-state index in [4.69, 9.17) is 9.47 Å². The molecule has 3 aromatic rings. The molecule has 148 valence electrons. The van der Waals surface area contributed by atoms with Crippen LogP contribution in [0.1, 0.15) is 21.5 Å². The van der Waals surface area contributed by atoms with E-state index in [-0.39, 0.29) is 5.91 Å². The molecule has 1 amide bonds. The molecule has 0 radical (unpaired) electrons. The Kier molecular flexibility index (Phi) is 6.46. The van der Waals surface area contributed by atoms with Gasteiger partial charge in [0.2, 0.25) is 0 Å². The van der Waals surface area contributed by atoms with Gasteiger partial charge in [0.25, 0.3) is 5.91 Å². The van der Waals surface area contributed by atoms with Gasteiger partial charge in [-0.15, -0.1) is 0 Å². The highest BCUT2D eigenvalue weighted by atomic mass is 32.2. The lowest BCUT2D eigenvalue weighted by atomic mass is 10.1. The van der Waals surface area contributed by atoms with Crippen LogP contribution in [0.2, 0.25) is 0 Å². The summed E-state index contributed by atoms with van der Waals surface area (Å²) in [6.07, 6.45) is 2.08. The summed E-state index contributed by atoms with van der Waals surface area (Å²) in [4.78, 5) is 18.1. The highest BCUT2D eigenvalue weighted by Crippen LogP contribution is 2.25. The third-order valence-corrected chi connectivity index (χ3v) is 6.28. The van der Waals surface area contributed by atoms with E-state index < -0.39 is 0 Å². The summed E-state index contributed by atoms with van der Waals surface area (Å²) in [5.41, 5.74) is 3.98. The largest absolute Gasteiger partial charge is 0.497 e. The Bertz CT molecular complexity index is 1080. The van der Waals surface area contributed by atoms with Crippen molar-refractivity contribution in [3.8, 4) is 11.5 Å². The minimum Gasteiger partial charge on any atom is -0.497 e. The fourth-order valence-corrected chi connectivity index (χ4v) is 4.43. The Balaban J connectivity index is 2.16. The predicted molar refractivity (Wildman–Crippen MR) is 117 cm³/mol. The van der Waals surface area contributed by atoms with Crippen LogP contribution < -0.4 is 14.3 Å². The van der Waals surface area contributed by atoms with Crippen LogP contribution in [-0.4, -0.2) is 36.7 Å². The molecule has 2 aromatic carbocycles. The lowest BCUT2D eigenvalue weighted by Crippen LogP contribution is -2.18. The second-order valence-corrected chi connectivity index (χ2v) is 8.41. The first kappa shape index (κ1) is 20.5. The van der Waals surface area contributed by atoms with Gasteiger partial charge in [-0.3, -0.25) is 4.79 Å². The topological polar surface area (TPSA) is 52.8 Å². The maximum absolute atomic E-state index is 13.0. The highest BCUT2D eigenvalue weighted by molar-refractivity contribution is 7.98. The Morgan fingerprint density at radius 3 is 2.57 bits per heavy atom. The van der Waals surface area contributed by atoms with Gasteiger partial charge < -0.3 is 14.0 Å². The zero-order valence-electron chi connectivity index (χ0n) is 16.7. The molecule has 1 aromatic heterocycles. The molecule has 0 spiro atoms. The van der Waals surface area contributed by atoms with Gasteiger partial charge in [0, 0.05) is 12.3 Å². The number of hydrogen-bond acceptors (Lipinski definition) is 5. The first-order valence-electron chi connectivity index (χ1n) is 8.89. The molecular formula is C21H24N2O3S2. The second kappa shape index (κ2) is 8.84. The predicted octanol–water partition coefficient (Wildman–Crippen LogP) is 4.44. The van der Waals surface area contributed by atoms with Crippen LogP contribution >= 0.6 is 23.1 Å². The summed E-state index contributed by atoms with van der Waals surface area (Å²) in [6.45, 7) is 5.00. The summed E-state index contributed by atoms with van der Waals surface area (Å²) in [5, 5.41) is 0. The molecule has 0 unspecified atom stereocenters.